The molecule has 7 nitrogen and oxygen atoms in total. The monoisotopic (exact) mass is 686 g/mol. The highest BCUT2D eigenvalue weighted by atomic mass is 35.5. The van der Waals surface area contributed by atoms with Crippen LogP contribution in [-0.2, 0) is 16.1 Å². The van der Waals surface area contributed by atoms with Gasteiger partial charge in [0.25, 0.3) is 5.56 Å². The van der Waals surface area contributed by atoms with Crippen LogP contribution >= 0.6 is 34.5 Å². The van der Waals surface area contributed by atoms with Crippen LogP contribution in [0, 0.1) is 0 Å². The quantitative estimate of drug-likeness (QED) is 0.149. The number of rotatable bonds is 9. The predicted octanol–water partition coefficient (Wildman–Crippen LogP) is 7.62. The zero-order chi connectivity index (χ0) is 33.2. The zero-order valence-electron chi connectivity index (χ0n) is 26.3. The summed E-state index contributed by atoms with van der Waals surface area (Å²) < 4.78 is 20.0. The van der Waals surface area contributed by atoms with E-state index in [1.165, 1.54) is 11.3 Å². The molecule has 6 rings (SSSR count). The van der Waals surface area contributed by atoms with E-state index in [2.05, 4.69) is 0 Å². The second-order valence-corrected chi connectivity index (χ2v) is 13.1. The summed E-state index contributed by atoms with van der Waals surface area (Å²) in [6, 6.07) is 23.8. The van der Waals surface area contributed by atoms with Gasteiger partial charge >= 0.3 is 5.97 Å². The van der Waals surface area contributed by atoms with Gasteiger partial charge in [0, 0.05) is 11.1 Å². The van der Waals surface area contributed by atoms with Crippen molar-refractivity contribution < 1.29 is 19.0 Å². The molecule has 0 aliphatic carbocycles. The number of benzene rings is 4. The maximum Gasteiger partial charge on any atom is 0.338 e. The number of aromatic nitrogens is 1. The lowest BCUT2D eigenvalue weighted by molar-refractivity contribution is -0.139. The van der Waals surface area contributed by atoms with E-state index in [1.54, 1.807) is 30.5 Å². The molecule has 0 saturated heterocycles. The lowest BCUT2D eigenvalue weighted by Gasteiger charge is -2.26. The Hall–Kier alpha value is -4.37. The molecule has 5 aromatic rings. The molecule has 1 aliphatic rings. The zero-order valence-corrected chi connectivity index (χ0v) is 28.6. The molecular weight excluding hydrogens is 655 g/mol. The summed E-state index contributed by atoms with van der Waals surface area (Å²) in [7, 11) is 0. The maximum absolute atomic E-state index is 14.5. The Morgan fingerprint density at radius 1 is 1.00 bits per heavy atom. The average Bonchev–Trinajstić information content (AvgIpc) is 3.35. The normalized spacial score (nSPS) is 14.7. The molecular formula is C37H32Cl2N2O5S. The Labute approximate surface area is 286 Å². The minimum atomic E-state index is -0.805. The van der Waals surface area contributed by atoms with Gasteiger partial charge in [0.2, 0.25) is 0 Å². The topological polar surface area (TPSA) is 79.1 Å². The van der Waals surface area contributed by atoms with Gasteiger partial charge in [-0.25, -0.2) is 9.79 Å². The standard InChI is InChI=1S/C37H32Cl2N2O5S/c1-5-44-36(43)33-22(4)40-37-41(34(33)26-12-8-9-13-31(26)46-21(2)3)35(42)32(47-37)19-27-25-11-7-6-10-24(25)15-17-30(27)45-20-23-14-16-28(38)29(39)18-23/h6-19,21,34H,5,20H2,1-4H3/b32-19-/t34-/m0/s1. The van der Waals surface area contributed by atoms with Crippen molar-refractivity contribution in [3.05, 3.63) is 137 Å². The minimum Gasteiger partial charge on any atom is -0.491 e. The summed E-state index contributed by atoms with van der Waals surface area (Å²) in [5, 5.41) is 2.82. The van der Waals surface area contributed by atoms with Gasteiger partial charge in [0.15, 0.2) is 4.80 Å². The molecule has 47 heavy (non-hydrogen) atoms. The van der Waals surface area contributed by atoms with E-state index in [9.17, 15) is 9.59 Å². The molecule has 1 aromatic heterocycles. The van der Waals surface area contributed by atoms with Gasteiger partial charge < -0.3 is 14.2 Å². The van der Waals surface area contributed by atoms with E-state index in [0.717, 1.165) is 21.9 Å². The fourth-order valence-corrected chi connectivity index (χ4v) is 6.97. The molecule has 0 bridgehead atoms. The molecule has 0 fully saturated rings. The van der Waals surface area contributed by atoms with Crippen LogP contribution < -0.4 is 24.4 Å². The summed E-state index contributed by atoms with van der Waals surface area (Å²) in [6.07, 6.45) is 1.71. The van der Waals surface area contributed by atoms with E-state index in [-0.39, 0.29) is 24.9 Å². The largest absolute Gasteiger partial charge is 0.491 e. The maximum atomic E-state index is 14.5. The van der Waals surface area contributed by atoms with Gasteiger partial charge in [-0.05, 0) is 74.4 Å². The van der Waals surface area contributed by atoms with E-state index in [1.807, 2.05) is 86.7 Å². The predicted molar refractivity (Wildman–Crippen MR) is 187 cm³/mol. The van der Waals surface area contributed by atoms with E-state index >= 15 is 0 Å². The number of fused-ring (bicyclic) bond motifs is 2. The van der Waals surface area contributed by atoms with Crippen molar-refractivity contribution in [2.24, 2.45) is 4.99 Å². The number of carbonyl (C=O) groups is 1. The summed E-state index contributed by atoms with van der Waals surface area (Å²) in [5.74, 6) is 0.640. The molecule has 1 atom stereocenters. The van der Waals surface area contributed by atoms with Crippen LogP contribution in [0.15, 0.2) is 99.9 Å². The lowest BCUT2D eigenvalue weighted by atomic mass is 9.95. The second kappa shape index (κ2) is 13.8. The number of nitrogens with zero attached hydrogens (tertiary/aromatic N) is 2. The molecule has 4 aromatic carbocycles. The Kier molecular flexibility index (Phi) is 9.55. The van der Waals surface area contributed by atoms with Crippen molar-refractivity contribution in [2.45, 2.75) is 46.4 Å². The van der Waals surface area contributed by atoms with E-state index in [4.69, 9.17) is 42.4 Å². The number of thiazole rings is 1. The molecule has 1 aliphatic heterocycles. The SMILES string of the molecule is CCOC(=O)C1=C(C)N=c2s/c(=C\c3c(OCc4ccc(Cl)c(Cl)c4)ccc4ccccc34)c(=O)n2[C@H]1c1ccccc1OC(C)C. The van der Waals surface area contributed by atoms with Gasteiger partial charge in [-0.1, -0.05) is 89.1 Å². The summed E-state index contributed by atoms with van der Waals surface area (Å²) in [4.78, 5) is 33.1. The van der Waals surface area contributed by atoms with E-state index < -0.39 is 12.0 Å². The molecule has 0 saturated carbocycles. The molecule has 0 unspecified atom stereocenters. The number of esters is 1. The minimum absolute atomic E-state index is 0.128. The molecule has 240 valence electrons. The summed E-state index contributed by atoms with van der Waals surface area (Å²) in [6.45, 7) is 7.80. The first-order chi connectivity index (χ1) is 22.7. The first kappa shape index (κ1) is 32.6. The number of ether oxygens (including phenoxy) is 3. The highest BCUT2D eigenvalue weighted by molar-refractivity contribution is 7.07. The Bertz CT molecular complexity index is 2220. The first-order valence-electron chi connectivity index (χ1n) is 15.2. The van der Waals surface area contributed by atoms with Crippen LogP contribution in [0.25, 0.3) is 16.8 Å². The lowest BCUT2D eigenvalue weighted by Crippen LogP contribution is -2.40. The van der Waals surface area contributed by atoms with Crippen molar-refractivity contribution in [2.75, 3.05) is 6.61 Å². The third kappa shape index (κ3) is 6.59. The fraction of sp³-hybridized carbons (Fsp3) is 0.216. The molecule has 2 heterocycles. The number of allylic oxidation sites excluding steroid dienone is 1. The van der Waals surface area contributed by atoms with E-state index in [0.29, 0.717) is 47.7 Å². The number of hydrogen-bond acceptors (Lipinski definition) is 7. The molecule has 10 heteroatoms. The van der Waals surface area contributed by atoms with Crippen LogP contribution in [0.3, 0.4) is 0 Å². The first-order valence-corrected chi connectivity index (χ1v) is 16.8. The Morgan fingerprint density at radius 3 is 2.53 bits per heavy atom. The molecule has 0 radical (unpaired) electrons. The average molecular weight is 688 g/mol. The van der Waals surface area contributed by atoms with Crippen molar-refractivity contribution in [3.8, 4) is 11.5 Å². The number of carbonyl (C=O) groups excluding carboxylic acids is 1. The van der Waals surface area contributed by atoms with Gasteiger partial charge in [0.1, 0.15) is 24.1 Å². The third-order valence-corrected chi connectivity index (χ3v) is 9.40. The number of halogens is 2. The van der Waals surface area contributed by atoms with Gasteiger partial charge in [0.05, 0.1) is 38.6 Å². The Morgan fingerprint density at radius 2 is 1.77 bits per heavy atom. The number of para-hydroxylation sites is 1. The van der Waals surface area contributed by atoms with Crippen molar-refractivity contribution in [1.82, 2.24) is 4.57 Å². The van der Waals surface area contributed by atoms with Crippen LogP contribution in [-0.4, -0.2) is 23.2 Å². The van der Waals surface area contributed by atoms with Gasteiger partial charge in [-0.2, -0.15) is 0 Å². The smallest absolute Gasteiger partial charge is 0.338 e. The summed E-state index contributed by atoms with van der Waals surface area (Å²) in [5.41, 5.74) is 2.74. The molecule has 0 amide bonds. The second-order valence-electron chi connectivity index (χ2n) is 11.2. The van der Waals surface area contributed by atoms with Crippen molar-refractivity contribution >= 4 is 57.4 Å². The molecule has 0 spiro atoms. The van der Waals surface area contributed by atoms with Crippen LogP contribution in [0.1, 0.15) is 50.4 Å². The van der Waals surface area contributed by atoms with Gasteiger partial charge in [-0.15, -0.1) is 0 Å². The fourth-order valence-electron chi connectivity index (χ4n) is 5.63. The number of hydrogen-bond donors (Lipinski definition) is 0. The van der Waals surface area contributed by atoms with Crippen LogP contribution in [0.2, 0.25) is 10.0 Å². The molecule has 0 N–H and O–H groups in total. The Balaban J connectivity index is 1.54. The third-order valence-electron chi connectivity index (χ3n) is 7.68. The summed E-state index contributed by atoms with van der Waals surface area (Å²) >= 11 is 13.6. The highest BCUT2D eigenvalue weighted by Gasteiger charge is 2.35. The van der Waals surface area contributed by atoms with Gasteiger partial charge in [-0.3, -0.25) is 9.36 Å². The van der Waals surface area contributed by atoms with Crippen molar-refractivity contribution in [1.29, 1.82) is 0 Å². The highest BCUT2D eigenvalue weighted by Crippen LogP contribution is 2.36. The van der Waals surface area contributed by atoms with Crippen LogP contribution in [0.4, 0.5) is 0 Å². The van der Waals surface area contributed by atoms with Crippen molar-refractivity contribution in [3.63, 3.8) is 0 Å². The van der Waals surface area contributed by atoms with Crippen LogP contribution in [0.5, 0.6) is 11.5 Å².